The molecular formula is C11H20BrN3O2S. The molecular weight excluding hydrogens is 318 g/mol. The summed E-state index contributed by atoms with van der Waals surface area (Å²) in [5.74, 6) is 0.675. The van der Waals surface area contributed by atoms with Crippen molar-refractivity contribution in [3.05, 3.63) is 12.0 Å². The Balaban J connectivity index is 3.01. The zero-order valence-electron chi connectivity index (χ0n) is 11.2. The summed E-state index contributed by atoms with van der Waals surface area (Å²) in [6, 6.07) is 0. The number of nitrogens with one attached hydrogen (secondary N) is 1. The molecule has 0 amide bonds. The number of rotatable bonds is 6. The smallest absolute Gasteiger partial charge is 0.260 e. The maximum Gasteiger partial charge on any atom is 0.260 e. The van der Waals surface area contributed by atoms with Gasteiger partial charge in [-0.05, 0) is 26.7 Å². The zero-order valence-corrected chi connectivity index (χ0v) is 13.6. The monoisotopic (exact) mass is 337 g/mol. The average molecular weight is 338 g/mol. The zero-order chi connectivity index (χ0) is 14.0. The molecule has 0 fully saturated rings. The molecule has 0 aliphatic heterocycles. The highest BCUT2D eigenvalue weighted by Crippen LogP contribution is 2.19. The van der Waals surface area contributed by atoms with E-state index in [0.717, 1.165) is 18.2 Å². The molecule has 1 unspecified atom stereocenters. The van der Waals surface area contributed by atoms with Crippen molar-refractivity contribution in [3.63, 3.8) is 0 Å². The fourth-order valence-corrected chi connectivity index (χ4v) is 3.96. The summed E-state index contributed by atoms with van der Waals surface area (Å²) in [4.78, 5) is 4.06. The molecule has 1 rings (SSSR count). The van der Waals surface area contributed by atoms with Gasteiger partial charge in [0, 0.05) is 24.1 Å². The Labute approximate surface area is 117 Å². The molecule has 0 spiro atoms. The molecule has 0 saturated heterocycles. The molecule has 0 bridgehead atoms. The van der Waals surface area contributed by atoms with Crippen LogP contribution >= 0.6 is 15.9 Å². The van der Waals surface area contributed by atoms with E-state index in [1.165, 1.54) is 6.20 Å². The first-order valence-electron chi connectivity index (χ1n) is 5.84. The van der Waals surface area contributed by atoms with Crippen LogP contribution in [0.3, 0.4) is 0 Å². The molecule has 1 aromatic heterocycles. The lowest BCUT2D eigenvalue weighted by molar-refractivity contribution is 0.392. The van der Waals surface area contributed by atoms with E-state index in [2.05, 4.69) is 25.6 Å². The van der Waals surface area contributed by atoms with Gasteiger partial charge in [0.2, 0.25) is 0 Å². The predicted octanol–water partition coefficient (Wildman–Crippen LogP) is 1.96. The van der Waals surface area contributed by atoms with Crippen LogP contribution in [0.4, 0.5) is 0 Å². The van der Waals surface area contributed by atoms with Crippen molar-refractivity contribution < 1.29 is 8.42 Å². The lowest BCUT2D eigenvalue weighted by Crippen LogP contribution is -2.45. The van der Waals surface area contributed by atoms with E-state index in [1.54, 1.807) is 18.5 Å². The SMILES string of the molecule is CCC(C)(CCBr)NS(=O)(=O)c1cn(C)c(C)n1. The molecule has 1 N–H and O–H groups in total. The molecule has 0 aromatic carbocycles. The van der Waals surface area contributed by atoms with Crippen LogP contribution in [0.1, 0.15) is 32.5 Å². The number of nitrogens with zero attached hydrogens (tertiary/aromatic N) is 2. The van der Waals surface area contributed by atoms with Gasteiger partial charge < -0.3 is 4.57 Å². The number of alkyl halides is 1. The molecule has 1 aromatic rings. The minimum atomic E-state index is -3.56. The van der Waals surface area contributed by atoms with Gasteiger partial charge in [0.15, 0.2) is 5.03 Å². The molecule has 104 valence electrons. The van der Waals surface area contributed by atoms with Gasteiger partial charge in [-0.2, -0.15) is 0 Å². The van der Waals surface area contributed by atoms with Crippen molar-refractivity contribution in [3.8, 4) is 0 Å². The molecule has 1 atom stereocenters. The highest BCUT2D eigenvalue weighted by Gasteiger charge is 2.30. The van der Waals surface area contributed by atoms with Crippen LogP contribution in [0.5, 0.6) is 0 Å². The van der Waals surface area contributed by atoms with Crippen LogP contribution in [0.15, 0.2) is 11.2 Å². The fourth-order valence-electron chi connectivity index (χ4n) is 1.54. The molecule has 7 heteroatoms. The molecule has 0 saturated carbocycles. The van der Waals surface area contributed by atoms with Gasteiger partial charge in [0.1, 0.15) is 5.82 Å². The van der Waals surface area contributed by atoms with Gasteiger partial charge in [0.25, 0.3) is 10.0 Å². The van der Waals surface area contributed by atoms with Crippen LogP contribution in [-0.4, -0.2) is 28.8 Å². The Morgan fingerprint density at radius 1 is 1.56 bits per heavy atom. The van der Waals surface area contributed by atoms with Gasteiger partial charge in [-0.25, -0.2) is 18.1 Å². The summed E-state index contributed by atoms with van der Waals surface area (Å²) >= 11 is 3.35. The van der Waals surface area contributed by atoms with E-state index in [0.29, 0.717) is 5.82 Å². The highest BCUT2D eigenvalue weighted by molar-refractivity contribution is 9.09. The van der Waals surface area contributed by atoms with Crippen LogP contribution in [-0.2, 0) is 17.1 Å². The number of aromatic nitrogens is 2. The van der Waals surface area contributed by atoms with Crippen molar-refractivity contribution in [1.29, 1.82) is 0 Å². The van der Waals surface area contributed by atoms with Crippen molar-refractivity contribution in [2.75, 3.05) is 5.33 Å². The first kappa shape index (κ1) is 15.7. The Morgan fingerprint density at radius 3 is 2.56 bits per heavy atom. The second-order valence-corrected chi connectivity index (χ2v) is 7.12. The largest absolute Gasteiger partial charge is 0.337 e. The normalized spacial score (nSPS) is 15.6. The third-order valence-electron chi connectivity index (χ3n) is 3.17. The van der Waals surface area contributed by atoms with Crippen LogP contribution in [0.25, 0.3) is 0 Å². The van der Waals surface area contributed by atoms with Crippen molar-refractivity contribution in [2.24, 2.45) is 7.05 Å². The Hall–Kier alpha value is -0.400. The molecule has 0 aliphatic carbocycles. The second-order valence-electron chi connectivity index (χ2n) is 4.70. The van der Waals surface area contributed by atoms with Gasteiger partial charge in [-0.3, -0.25) is 0 Å². The molecule has 0 aliphatic rings. The number of halogens is 1. The molecule has 1 heterocycles. The quantitative estimate of drug-likeness (QED) is 0.807. The van der Waals surface area contributed by atoms with E-state index in [1.807, 2.05) is 13.8 Å². The Morgan fingerprint density at radius 2 is 2.17 bits per heavy atom. The third kappa shape index (κ3) is 3.55. The van der Waals surface area contributed by atoms with Crippen molar-refractivity contribution in [1.82, 2.24) is 14.3 Å². The van der Waals surface area contributed by atoms with E-state index in [4.69, 9.17) is 0 Å². The number of hydrogen-bond donors (Lipinski definition) is 1. The maximum absolute atomic E-state index is 12.2. The van der Waals surface area contributed by atoms with Crippen LogP contribution in [0, 0.1) is 6.92 Å². The average Bonchev–Trinajstić information content (AvgIpc) is 2.60. The maximum atomic E-state index is 12.2. The molecule has 5 nitrogen and oxygen atoms in total. The van der Waals surface area contributed by atoms with E-state index >= 15 is 0 Å². The Kier molecular flexibility index (Phi) is 4.97. The lowest BCUT2D eigenvalue weighted by Gasteiger charge is -2.28. The van der Waals surface area contributed by atoms with E-state index in [9.17, 15) is 8.42 Å². The summed E-state index contributed by atoms with van der Waals surface area (Å²) in [5, 5.41) is 0.831. The van der Waals surface area contributed by atoms with Crippen molar-refractivity contribution in [2.45, 2.75) is 44.2 Å². The lowest BCUT2D eigenvalue weighted by atomic mass is 9.98. The number of aryl methyl sites for hydroxylation is 2. The highest BCUT2D eigenvalue weighted by atomic mass is 79.9. The van der Waals surface area contributed by atoms with Gasteiger partial charge in [0.05, 0.1) is 0 Å². The fraction of sp³-hybridized carbons (Fsp3) is 0.727. The van der Waals surface area contributed by atoms with Gasteiger partial charge >= 0.3 is 0 Å². The first-order valence-corrected chi connectivity index (χ1v) is 8.44. The topological polar surface area (TPSA) is 64.0 Å². The summed E-state index contributed by atoms with van der Waals surface area (Å²) in [6.07, 6.45) is 2.99. The molecule has 0 radical (unpaired) electrons. The van der Waals surface area contributed by atoms with Gasteiger partial charge in [-0.1, -0.05) is 22.9 Å². The van der Waals surface area contributed by atoms with Gasteiger partial charge in [-0.15, -0.1) is 0 Å². The molecule has 18 heavy (non-hydrogen) atoms. The second kappa shape index (κ2) is 5.71. The predicted molar refractivity (Wildman–Crippen MR) is 75.4 cm³/mol. The van der Waals surface area contributed by atoms with E-state index in [-0.39, 0.29) is 5.03 Å². The minimum absolute atomic E-state index is 0.0803. The first-order chi connectivity index (χ1) is 8.24. The number of sulfonamides is 1. The minimum Gasteiger partial charge on any atom is -0.337 e. The summed E-state index contributed by atoms with van der Waals surface area (Å²) in [5.41, 5.74) is -0.451. The third-order valence-corrected chi connectivity index (χ3v) is 5.07. The standard InChI is InChI=1S/C11H20BrN3O2S/c1-5-11(3,6-7-12)14-18(16,17)10-8-15(4)9(2)13-10/h8,14H,5-7H2,1-4H3. The summed E-state index contributed by atoms with van der Waals surface area (Å²) < 4.78 is 28.9. The number of imidazole rings is 1. The van der Waals surface area contributed by atoms with E-state index < -0.39 is 15.6 Å². The van der Waals surface area contributed by atoms with Crippen LogP contribution < -0.4 is 4.72 Å². The summed E-state index contributed by atoms with van der Waals surface area (Å²) in [7, 11) is -1.78. The Bertz CT molecular complexity index is 493. The van der Waals surface area contributed by atoms with Crippen molar-refractivity contribution >= 4 is 26.0 Å². The number of hydrogen-bond acceptors (Lipinski definition) is 3. The summed E-state index contributed by atoms with van der Waals surface area (Å²) in [6.45, 7) is 5.65. The van der Waals surface area contributed by atoms with Crippen LogP contribution in [0.2, 0.25) is 0 Å².